The van der Waals surface area contributed by atoms with Crippen LogP contribution in [-0.2, 0) is 4.79 Å². The van der Waals surface area contributed by atoms with Gasteiger partial charge in [-0.15, -0.1) is 11.8 Å². The van der Waals surface area contributed by atoms with Crippen molar-refractivity contribution in [3.8, 4) is 0 Å². The lowest BCUT2D eigenvalue weighted by molar-refractivity contribution is -0.115. The molecule has 0 unspecified atom stereocenters. The van der Waals surface area contributed by atoms with Crippen LogP contribution in [0.15, 0.2) is 41.3 Å². The van der Waals surface area contributed by atoms with Crippen LogP contribution in [0.4, 0.5) is 14.5 Å². The van der Waals surface area contributed by atoms with E-state index in [0.717, 1.165) is 35.5 Å². The van der Waals surface area contributed by atoms with Crippen LogP contribution in [0.3, 0.4) is 0 Å². The predicted octanol–water partition coefficient (Wildman–Crippen LogP) is 5.05. The summed E-state index contributed by atoms with van der Waals surface area (Å²) < 4.78 is 26.7. The Labute approximate surface area is 136 Å². The molecule has 22 heavy (non-hydrogen) atoms. The van der Waals surface area contributed by atoms with Gasteiger partial charge in [-0.2, -0.15) is 0 Å². The molecule has 2 nitrogen and oxygen atoms in total. The lowest BCUT2D eigenvalue weighted by atomic mass is 10.2. The van der Waals surface area contributed by atoms with Crippen molar-refractivity contribution in [1.82, 2.24) is 0 Å². The highest BCUT2D eigenvalue weighted by Gasteiger charge is 2.18. The molecule has 2 aromatic rings. The molecule has 2 aromatic carbocycles. The third-order valence-corrected chi connectivity index (χ3v) is 4.64. The second-order valence-electron chi connectivity index (χ2n) is 4.74. The van der Waals surface area contributed by atoms with Gasteiger partial charge >= 0.3 is 0 Å². The van der Waals surface area contributed by atoms with E-state index in [0.29, 0.717) is 10.7 Å². The Morgan fingerprint density at radius 2 is 2.00 bits per heavy atom. The Balaban J connectivity index is 2.09. The van der Waals surface area contributed by atoms with Gasteiger partial charge in [0, 0.05) is 15.6 Å². The topological polar surface area (TPSA) is 29.1 Å². The molecule has 1 atom stereocenters. The molecule has 6 heteroatoms. The van der Waals surface area contributed by atoms with E-state index < -0.39 is 16.9 Å². The summed E-state index contributed by atoms with van der Waals surface area (Å²) in [4.78, 5) is 12.3. The summed E-state index contributed by atoms with van der Waals surface area (Å²) in [5.74, 6) is -1.40. The van der Waals surface area contributed by atoms with Gasteiger partial charge in [-0.3, -0.25) is 4.79 Å². The molecule has 0 bridgehead atoms. The van der Waals surface area contributed by atoms with E-state index in [9.17, 15) is 13.6 Å². The van der Waals surface area contributed by atoms with Crippen LogP contribution >= 0.6 is 23.4 Å². The number of amides is 1. The van der Waals surface area contributed by atoms with Crippen LogP contribution in [-0.4, -0.2) is 11.2 Å². The van der Waals surface area contributed by atoms with Gasteiger partial charge in [-0.05, 0) is 49.7 Å². The van der Waals surface area contributed by atoms with E-state index in [1.54, 1.807) is 32.0 Å². The van der Waals surface area contributed by atoms with Gasteiger partial charge in [-0.1, -0.05) is 17.7 Å². The molecule has 0 saturated heterocycles. The van der Waals surface area contributed by atoms with Crippen LogP contribution < -0.4 is 5.32 Å². The third kappa shape index (κ3) is 3.99. The molecule has 0 aliphatic rings. The maximum atomic E-state index is 13.6. The molecule has 116 valence electrons. The molecule has 0 aliphatic carbocycles. The number of carbonyl (C=O) groups excluding carboxylic acids is 1. The van der Waals surface area contributed by atoms with E-state index >= 15 is 0 Å². The number of rotatable bonds is 4. The highest BCUT2D eigenvalue weighted by Crippen LogP contribution is 2.28. The standard InChI is InChI=1S/C16H14ClF2NOS/c1-9-12(17)4-3-5-14(9)20-16(21)10(2)22-15-8-11(18)6-7-13(15)19/h3-8,10H,1-2H3,(H,20,21)/t10-/m0/s1. The van der Waals surface area contributed by atoms with Crippen LogP contribution in [0.25, 0.3) is 0 Å². The fourth-order valence-corrected chi connectivity index (χ4v) is 2.87. The summed E-state index contributed by atoms with van der Waals surface area (Å²) in [5, 5.41) is 2.71. The van der Waals surface area contributed by atoms with Crippen LogP contribution in [0.5, 0.6) is 0 Å². The number of benzene rings is 2. The highest BCUT2D eigenvalue weighted by molar-refractivity contribution is 8.00. The molecule has 0 saturated carbocycles. The molecule has 0 aromatic heterocycles. The lowest BCUT2D eigenvalue weighted by Gasteiger charge is -2.14. The largest absolute Gasteiger partial charge is 0.325 e. The minimum Gasteiger partial charge on any atom is -0.325 e. The Bertz CT molecular complexity index is 709. The molecule has 1 amide bonds. The van der Waals surface area contributed by atoms with E-state index in [4.69, 9.17) is 11.6 Å². The zero-order valence-corrected chi connectivity index (χ0v) is 13.6. The van der Waals surface area contributed by atoms with Gasteiger partial charge in [0.15, 0.2) is 0 Å². The fourth-order valence-electron chi connectivity index (χ4n) is 1.79. The second kappa shape index (κ2) is 7.11. The minimum absolute atomic E-state index is 0.102. The molecule has 2 rings (SSSR count). The van der Waals surface area contributed by atoms with E-state index in [1.807, 2.05) is 0 Å². The zero-order chi connectivity index (χ0) is 16.3. The number of hydrogen-bond acceptors (Lipinski definition) is 2. The SMILES string of the molecule is Cc1c(Cl)cccc1NC(=O)[C@H](C)Sc1cc(F)ccc1F. The van der Waals surface area contributed by atoms with Crippen molar-refractivity contribution in [3.05, 3.63) is 58.6 Å². The quantitative estimate of drug-likeness (QED) is 0.789. The van der Waals surface area contributed by atoms with Crippen LogP contribution in [0.2, 0.25) is 5.02 Å². The molecule has 0 spiro atoms. The average Bonchev–Trinajstić information content (AvgIpc) is 2.47. The van der Waals surface area contributed by atoms with Crippen molar-refractivity contribution in [2.45, 2.75) is 24.0 Å². The number of thioether (sulfide) groups is 1. The minimum atomic E-state index is -0.588. The van der Waals surface area contributed by atoms with Crippen molar-refractivity contribution in [2.75, 3.05) is 5.32 Å². The second-order valence-corrected chi connectivity index (χ2v) is 6.53. The van der Waals surface area contributed by atoms with Gasteiger partial charge in [0.05, 0.1) is 5.25 Å². The first kappa shape index (κ1) is 16.8. The summed E-state index contributed by atoms with van der Waals surface area (Å²) in [6, 6.07) is 8.36. The number of hydrogen-bond donors (Lipinski definition) is 1. The monoisotopic (exact) mass is 341 g/mol. The molecule has 0 aliphatic heterocycles. The van der Waals surface area contributed by atoms with Gasteiger partial charge in [-0.25, -0.2) is 8.78 Å². The van der Waals surface area contributed by atoms with Gasteiger partial charge in [0.25, 0.3) is 0 Å². The smallest absolute Gasteiger partial charge is 0.237 e. The van der Waals surface area contributed by atoms with Crippen molar-refractivity contribution in [1.29, 1.82) is 0 Å². The van der Waals surface area contributed by atoms with E-state index in [1.165, 1.54) is 0 Å². The molecule has 1 N–H and O–H groups in total. The molecule has 0 fully saturated rings. The zero-order valence-electron chi connectivity index (χ0n) is 12.0. The van der Waals surface area contributed by atoms with Gasteiger partial charge < -0.3 is 5.32 Å². The third-order valence-electron chi connectivity index (χ3n) is 3.09. The Morgan fingerprint density at radius 3 is 2.73 bits per heavy atom. The maximum absolute atomic E-state index is 13.6. The van der Waals surface area contributed by atoms with Crippen molar-refractivity contribution in [2.24, 2.45) is 0 Å². The van der Waals surface area contributed by atoms with E-state index in [2.05, 4.69) is 5.32 Å². The number of nitrogens with one attached hydrogen (secondary N) is 1. The summed E-state index contributed by atoms with van der Waals surface area (Å²) in [7, 11) is 0. The fraction of sp³-hybridized carbons (Fsp3) is 0.188. The maximum Gasteiger partial charge on any atom is 0.237 e. The first-order valence-electron chi connectivity index (χ1n) is 6.56. The molecular formula is C16H14ClF2NOS. The van der Waals surface area contributed by atoms with Gasteiger partial charge in [0.1, 0.15) is 11.6 Å². The van der Waals surface area contributed by atoms with Crippen molar-refractivity contribution < 1.29 is 13.6 Å². The van der Waals surface area contributed by atoms with Crippen LogP contribution in [0.1, 0.15) is 12.5 Å². The Hall–Kier alpha value is -1.59. The summed E-state index contributed by atoms with van der Waals surface area (Å²) in [5.41, 5.74) is 1.36. The van der Waals surface area contributed by atoms with Crippen molar-refractivity contribution >= 4 is 35.0 Å². The normalized spacial score (nSPS) is 12.0. The summed E-state index contributed by atoms with van der Waals surface area (Å²) >= 11 is 6.96. The lowest BCUT2D eigenvalue weighted by Crippen LogP contribution is -2.23. The average molecular weight is 342 g/mol. The number of anilines is 1. The van der Waals surface area contributed by atoms with Crippen molar-refractivity contribution in [3.63, 3.8) is 0 Å². The first-order chi connectivity index (χ1) is 10.4. The van der Waals surface area contributed by atoms with Crippen LogP contribution in [0, 0.1) is 18.6 Å². The summed E-state index contributed by atoms with van der Waals surface area (Å²) in [6.07, 6.45) is 0. The molecule has 0 radical (unpaired) electrons. The molecule has 0 heterocycles. The summed E-state index contributed by atoms with van der Waals surface area (Å²) in [6.45, 7) is 3.42. The number of carbonyl (C=O) groups is 1. The molecular weight excluding hydrogens is 328 g/mol. The Morgan fingerprint density at radius 1 is 1.27 bits per heavy atom. The van der Waals surface area contributed by atoms with Gasteiger partial charge in [0.2, 0.25) is 5.91 Å². The number of halogens is 3. The first-order valence-corrected chi connectivity index (χ1v) is 7.82. The Kier molecular flexibility index (Phi) is 5.42. The highest BCUT2D eigenvalue weighted by atomic mass is 35.5. The predicted molar refractivity (Wildman–Crippen MR) is 86.5 cm³/mol. The van der Waals surface area contributed by atoms with E-state index in [-0.39, 0.29) is 10.8 Å².